The molecule has 1 N–H and O–H groups in total. The van der Waals surface area contributed by atoms with E-state index in [-0.39, 0.29) is 0 Å². The molecule has 148 valence electrons. The molecule has 1 spiro atoms. The molecule has 1 atom stereocenters. The lowest BCUT2D eigenvalue weighted by atomic mass is 9.95. The topological polar surface area (TPSA) is 67.1 Å². The number of nitrogens with one attached hydrogen (secondary N) is 1. The summed E-state index contributed by atoms with van der Waals surface area (Å²) in [6, 6.07) is 18.0. The summed E-state index contributed by atoms with van der Waals surface area (Å²) in [4.78, 5) is 7.54. The van der Waals surface area contributed by atoms with Gasteiger partial charge in [-0.25, -0.2) is 0 Å². The number of hydrogen-bond acceptors (Lipinski definition) is 4. The van der Waals surface area contributed by atoms with Gasteiger partial charge in [0.15, 0.2) is 0 Å². The fourth-order valence-corrected chi connectivity index (χ4v) is 4.38. The van der Waals surface area contributed by atoms with Crippen molar-refractivity contribution in [2.75, 3.05) is 0 Å². The summed E-state index contributed by atoms with van der Waals surface area (Å²) in [5.74, 6) is 1.74. The van der Waals surface area contributed by atoms with Crippen LogP contribution < -0.4 is 10.1 Å². The van der Waals surface area contributed by atoms with Crippen molar-refractivity contribution in [1.82, 2.24) is 4.98 Å². The largest absolute Gasteiger partial charge is 1.04 e. The van der Waals surface area contributed by atoms with Crippen molar-refractivity contribution in [2.24, 2.45) is 4.99 Å². The molecule has 0 radical (unpaired) electrons. The Morgan fingerprint density at radius 3 is 2.58 bits per heavy atom. The molecule has 31 heavy (non-hydrogen) atoms. The van der Waals surface area contributed by atoms with Crippen LogP contribution in [0, 0.1) is 0 Å². The van der Waals surface area contributed by atoms with E-state index in [1.165, 1.54) is 0 Å². The van der Waals surface area contributed by atoms with Crippen molar-refractivity contribution in [3.05, 3.63) is 106 Å². The van der Waals surface area contributed by atoms with Crippen molar-refractivity contribution in [2.45, 2.75) is 0 Å². The van der Waals surface area contributed by atoms with Crippen LogP contribution in [0.15, 0.2) is 99.8 Å². The maximum atomic E-state index is 6.32. The summed E-state index contributed by atoms with van der Waals surface area (Å²) in [5, 5.41) is 4.26. The molecule has 3 aliphatic heterocycles. The molecule has 0 fully saturated rings. The summed E-state index contributed by atoms with van der Waals surface area (Å²) in [6.07, 6.45) is 9.07. The number of rotatable bonds is 1. The van der Waals surface area contributed by atoms with Crippen molar-refractivity contribution < 1.29 is 14.0 Å². The second kappa shape index (κ2) is 5.89. The van der Waals surface area contributed by atoms with Gasteiger partial charge in [-0.3, -0.25) is 4.99 Å². The predicted molar refractivity (Wildman–Crippen MR) is 121 cm³/mol. The van der Waals surface area contributed by atoms with E-state index in [2.05, 4.69) is 22.1 Å². The van der Waals surface area contributed by atoms with Crippen molar-refractivity contribution in [3.8, 4) is 5.75 Å². The van der Waals surface area contributed by atoms with Gasteiger partial charge in [0.05, 0.1) is 11.4 Å². The van der Waals surface area contributed by atoms with Crippen molar-refractivity contribution in [3.63, 3.8) is 0 Å². The van der Waals surface area contributed by atoms with Crippen molar-refractivity contribution in [1.29, 1.82) is 0 Å². The average molecular weight is 406 g/mol. The van der Waals surface area contributed by atoms with E-state index in [1.807, 2.05) is 60.8 Å². The molecule has 1 unspecified atom stereocenters. The molecule has 1 aromatic heterocycles. The highest BCUT2D eigenvalue weighted by Crippen LogP contribution is 2.39. The highest BCUT2D eigenvalue weighted by Gasteiger charge is 2.62. The van der Waals surface area contributed by atoms with Crippen LogP contribution in [0.3, 0.4) is 0 Å². The van der Waals surface area contributed by atoms with Gasteiger partial charge in [0.25, 0.3) is 5.43 Å². The monoisotopic (exact) mass is 406 g/mol. The zero-order chi connectivity index (χ0) is 20.4. The summed E-state index contributed by atoms with van der Waals surface area (Å²) < 4.78 is 25.1. The van der Waals surface area contributed by atoms with Crippen LogP contribution in [-0.4, -0.2) is 18.2 Å². The van der Waals surface area contributed by atoms with Gasteiger partial charge in [-0.05, 0) is 47.2 Å². The van der Waals surface area contributed by atoms with Crippen LogP contribution in [-0.2, 0) is 9.31 Å². The maximum Gasteiger partial charge on any atom is 1.04 e. The number of benzene rings is 3. The third-order valence-electron chi connectivity index (χ3n) is 5.72. The van der Waals surface area contributed by atoms with Gasteiger partial charge in [-0.2, -0.15) is 0 Å². The first-order chi connectivity index (χ1) is 15.3. The van der Waals surface area contributed by atoms with Crippen LogP contribution >= 0.6 is 0 Å². The number of aliphatic imine (C=N–C) groups is 1. The molecule has 0 saturated carbocycles. The fraction of sp³-hybridized carbons (Fsp3) is 0. The summed E-state index contributed by atoms with van der Waals surface area (Å²) in [6.45, 7) is -2.64. The number of aromatic nitrogens is 1. The molecule has 7 heteroatoms. The molecular weight excluding hydrogens is 391 g/mol. The Bertz CT molecular complexity index is 1540. The fourth-order valence-electron chi connectivity index (χ4n) is 4.38. The number of allylic oxidation sites excluding steroid dienone is 3. The van der Waals surface area contributed by atoms with E-state index >= 15 is 0 Å². The molecular formula is C24H15BN2O4. The first-order valence-corrected chi connectivity index (χ1v) is 10.1. The number of H-pyrrole nitrogens is 1. The quantitative estimate of drug-likeness (QED) is 0.376. The average Bonchev–Trinajstić information content (AvgIpc) is 3.51. The maximum absolute atomic E-state index is 6.32. The summed E-state index contributed by atoms with van der Waals surface area (Å²) in [7, 11) is 0. The predicted octanol–water partition coefficient (Wildman–Crippen LogP) is 4.42. The molecule has 3 aliphatic rings. The van der Waals surface area contributed by atoms with Crippen molar-refractivity contribution >= 4 is 40.5 Å². The highest BCUT2D eigenvalue weighted by atomic mass is 16.9. The van der Waals surface area contributed by atoms with Gasteiger partial charge in [-0.15, -0.1) is 0 Å². The van der Waals surface area contributed by atoms with Crippen LogP contribution in [0.4, 0.5) is 0 Å². The van der Waals surface area contributed by atoms with E-state index < -0.39 is 6.96 Å². The second-order valence-corrected chi connectivity index (χ2v) is 7.61. The molecule has 0 saturated heterocycles. The molecule has 6 nitrogen and oxygen atoms in total. The van der Waals surface area contributed by atoms with E-state index in [4.69, 9.17) is 18.3 Å². The van der Waals surface area contributed by atoms with Crippen LogP contribution in [0.5, 0.6) is 5.75 Å². The molecule has 0 aliphatic carbocycles. The third-order valence-corrected chi connectivity index (χ3v) is 5.72. The first-order valence-electron chi connectivity index (χ1n) is 10.1. The van der Waals surface area contributed by atoms with Crippen LogP contribution in [0.2, 0.25) is 0 Å². The standard InChI is InChI=1S/C24H15BN2O4/c1-4-15-8-10-19-24-20(11-9-16(5-1)23(15)24)29-25(28-19)30-21(17-6-2-12-26-17)14-22(31-25)18-7-3-13-27-18/h1-14,26H. The summed E-state index contributed by atoms with van der Waals surface area (Å²) in [5.41, 5.74) is 2.13. The minimum Gasteiger partial charge on any atom is -0.551 e. The van der Waals surface area contributed by atoms with E-state index in [1.54, 1.807) is 12.3 Å². The number of aromatic amines is 1. The molecule has 0 bridgehead atoms. The zero-order valence-electron chi connectivity index (χ0n) is 16.2. The first kappa shape index (κ1) is 16.5. The number of hydrogen-bond donors (Lipinski definition) is 1. The Kier molecular flexibility index (Phi) is 3.14. The summed E-state index contributed by atoms with van der Waals surface area (Å²) >= 11 is 0. The SMILES string of the molecule is C1=CC(=C2C=C(c3ccc[nH]3)O[B-]3(O2)Oc2ccc4cccc5ccc(c2c45)=[O+]3)N=C1. The Morgan fingerprint density at radius 2 is 1.77 bits per heavy atom. The Morgan fingerprint density at radius 1 is 0.871 bits per heavy atom. The van der Waals surface area contributed by atoms with Gasteiger partial charge < -0.3 is 23.3 Å². The molecule has 4 heterocycles. The molecule has 4 aromatic rings. The third kappa shape index (κ3) is 2.40. The van der Waals surface area contributed by atoms with E-state index in [0.717, 1.165) is 27.2 Å². The number of nitrogens with zero attached hydrogens (tertiary/aromatic N) is 1. The Labute approximate surface area is 176 Å². The van der Waals surface area contributed by atoms with Crippen LogP contribution in [0.25, 0.3) is 27.3 Å². The lowest BCUT2D eigenvalue weighted by Crippen LogP contribution is -2.51. The Balaban J connectivity index is 1.48. The van der Waals surface area contributed by atoms with Gasteiger partial charge >= 0.3 is 6.96 Å². The second-order valence-electron chi connectivity index (χ2n) is 7.61. The van der Waals surface area contributed by atoms with Gasteiger partial charge in [0.2, 0.25) is 0 Å². The lowest BCUT2D eigenvalue weighted by Gasteiger charge is -2.34. The Hall–Kier alpha value is -4.26. The molecule has 3 aromatic carbocycles. The van der Waals surface area contributed by atoms with Gasteiger partial charge in [0, 0.05) is 29.9 Å². The highest BCUT2D eigenvalue weighted by molar-refractivity contribution is 6.66. The van der Waals surface area contributed by atoms with Crippen LogP contribution in [0.1, 0.15) is 5.69 Å². The van der Waals surface area contributed by atoms with Gasteiger partial charge in [0.1, 0.15) is 22.6 Å². The lowest BCUT2D eigenvalue weighted by molar-refractivity contribution is 0.202. The van der Waals surface area contributed by atoms with Gasteiger partial charge in [-0.1, -0.05) is 24.3 Å². The van der Waals surface area contributed by atoms with E-state index in [0.29, 0.717) is 28.4 Å². The molecule has 0 amide bonds. The minimum atomic E-state index is -2.64. The normalized spacial score (nSPS) is 23.5. The van der Waals surface area contributed by atoms with E-state index in [9.17, 15) is 0 Å². The molecule has 7 rings (SSSR count). The smallest absolute Gasteiger partial charge is 0.551 e. The minimum absolute atomic E-state index is 0.520. The zero-order valence-corrected chi connectivity index (χ0v) is 16.2.